The monoisotopic (exact) mass is 163 g/mol. The van der Waals surface area contributed by atoms with E-state index >= 15 is 0 Å². The summed E-state index contributed by atoms with van der Waals surface area (Å²) < 4.78 is 0. The summed E-state index contributed by atoms with van der Waals surface area (Å²) in [6.45, 7) is 0. The molecule has 4 nitrogen and oxygen atoms in total. The highest BCUT2D eigenvalue weighted by Crippen LogP contribution is 1.99. The number of carbonyl (C=O) groups is 1. The molecule has 0 aliphatic carbocycles. The first-order valence-electron chi connectivity index (χ1n) is 2.84. The molecule has 0 N–H and O–H groups in total. The van der Waals surface area contributed by atoms with Crippen LogP contribution in [0.15, 0.2) is 0 Å². The summed E-state index contributed by atoms with van der Waals surface area (Å²) in [5.74, 6) is 0. The van der Waals surface area contributed by atoms with Crippen LogP contribution in [0.5, 0.6) is 0 Å². The van der Waals surface area contributed by atoms with Crippen molar-refractivity contribution in [3.05, 3.63) is 0 Å². The van der Waals surface area contributed by atoms with Gasteiger partial charge in [0.05, 0.1) is 0 Å². The third-order valence-electron chi connectivity index (χ3n) is 0.929. The minimum absolute atomic E-state index is 0.296. The van der Waals surface area contributed by atoms with Gasteiger partial charge in [0.25, 0.3) is 0 Å². The van der Waals surface area contributed by atoms with Gasteiger partial charge in [-0.15, -0.1) is 0 Å². The van der Waals surface area contributed by atoms with Crippen LogP contribution in [0.2, 0.25) is 0 Å². The average Bonchev–Trinajstić information content (AvgIpc) is 1.59. The zero-order chi connectivity index (χ0) is 8.31. The average molecular weight is 163 g/mol. The first-order valence-corrected chi connectivity index (χ1v) is 3.29. The van der Waals surface area contributed by atoms with Crippen molar-refractivity contribution < 1.29 is 4.79 Å². The smallest absolute Gasteiger partial charge is 0.259 e. The molecule has 0 aromatic rings. The molecule has 0 aliphatic heterocycles. The van der Waals surface area contributed by atoms with Crippen molar-refractivity contribution in [2.24, 2.45) is 0 Å². The third-order valence-corrected chi connectivity index (χ3v) is 1.11. The van der Waals surface area contributed by atoms with Crippen molar-refractivity contribution in [2.75, 3.05) is 28.2 Å². The Morgan fingerprint density at radius 2 is 1.40 bits per heavy atom. The number of thiol groups is 1. The Labute approximate surface area is 66.7 Å². The number of nitrogens with zero attached hydrogens (tertiary/aromatic N) is 3. The second kappa shape index (κ2) is 3.80. The van der Waals surface area contributed by atoms with Gasteiger partial charge < -0.3 is 0 Å². The van der Waals surface area contributed by atoms with E-state index in [1.165, 1.54) is 5.12 Å². The predicted molar refractivity (Wildman–Crippen MR) is 43.6 cm³/mol. The normalized spacial score (nSPS) is 10.7. The fraction of sp³-hybridized carbons (Fsp3) is 0.800. The van der Waals surface area contributed by atoms with Crippen molar-refractivity contribution in [3.8, 4) is 0 Å². The van der Waals surface area contributed by atoms with Crippen molar-refractivity contribution in [1.82, 2.24) is 15.1 Å². The SMILES string of the molecule is CN(C)N(C(=O)S)N(C)C. The molecule has 0 saturated carbocycles. The van der Waals surface area contributed by atoms with Crippen LogP contribution >= 0.6 is 12.6 Å². The van der Waals surface area contributed by atoms with Crippen LogP contribution < -0.4 is 0 Å². The van der Waals surface area contributed by atoms with Gasteiger partial charge in [0.1, 0.15) is 0 Å². The molecular formula is C5H13N3OS. The second-order valence-corrected chi connectivity index (χ2v) is 2.65. The number of hydrogen-bond donors (Lipinski definition) is 1. The van der Waals surface area contributed by atoms with Crippen LogP contribution in [0.4, 0.5) is 4.79 Å². The van der Waals surface area contributed by atoms with Gasteiger partial charge in [-0.2, -0.15) is 5.12 Å². The van der Waals surface area contributed by atoms with E-state index in [1.807, 2.05) is 0 Å². The fourth-order valence-corrected chi connectivity index (χ4v) is 1.06. The molecule has 0 radical (unpaired) electrons. The standard InChI is InChI=1S/C5H13N3OS/c1-6(2)8(5(9)10)7(3)4/h1-4H3,(H,9,10). The molecular weight excluding hydrogens is 150 g/mol. The van der Waals surface area contributed by atoms with E-state index in [2.05, 4.69) is 12.6 Å². The molecule has 0 fully saturated rings. The van der Waals surface area contributed by atoms with Gasteiger partial charge in [-0.25, -0.2) is 10.0 Å². The molecule has 0 unspecified atom stereocenters. The van der Waals surface area contributed by atoms with Gasteiger partial charge in [-0.3, -0.25) is 4.79 Å². The lowest BCUT2D eigenvalue weighted by atomic mass is 11.0. The van der Waals surface area contributed by atoms with Crippen molar-refractivity contribution >= 4 is 17.9 Å². The Bertz CT molecular complexity index is 118. The molecule has 5 heteroatoms. The summed E-state index contributed by atoms with van der Waals surface area (Å²) in [4.78, 5) is 10.7. The Morgan fingerprint density at radius 3 is 1.40 bits per heavy atom. The van der Waals surface area contributed by atoms with E-state index in [-0.39, 0.29) is 5.24 Å². The Hall–Kier alpha value is -0.260. The van der Waals surface area contributed by atoms with E-state index in [9.17, 15) is 4.79 Å². The van der Waals surface area contributed by atoms with Crippen LogP contribution in [0.1, 0.15) is 0 Å². The molecule has 60 valence electrons. The Morgan fingerprint density at radius 1 is 1.10 bits per heavy atom. The number of hydrazine groups is 2. The minimum atomic E-state index is -0.296. The second-order valence-electron chi connectivity index (χ2n) is 2.27. The summed E-state index contributed by atoms with van der Waals surface area (Å²) in [6.07, 6.45) is 0. The summed E-state index contributed by atoms with van der Waals surface area (Å²) in [7, 11) is 7.09. The molecule has 0 rings (SSSR count). The minimum Gasteiger partial charge on any atom is -0.259 e. The van der Waals surface area contributed by atoms with Gasteiger partial charge in [-0.05, 0) is 0 Å². The van der Waals surface area contributed by atoms with Crippen LogP contribution in [0, 0.1) is 0 Å². The van der Waals surface area contributed by atoms with Crippen molar-refractivity contribution in [2.45, 2.75) is 0 Å². The number of hydrogen-bond acceptors (Lipinski definition) is 3. The number of rotatable bonds is 2. The van der Waals surface area contributed by atoms with E-state index in [1.54, 1.807) is 38.2 Å². The highest BCUT2D eigenvalue weighted by atomic mass is 32.1. The summed E-state index contributed by atoms with van der Waals surface area (Å²) in [5.41, 5.74) is 0. The topological polar surface area (TPSA) is 26.8 Å². The molecule has 0 atom stereocenters. The first kappa shape index (κ1) is 9.74. The maximum Gasteiger partial charge on any atom is 0.307 e. The van der Waals surface area contributed by atoms with Gasteiger partial charge >= 0.3 is 5.24 Å². The van der Waals surface area contributed by atoms with Crippen molar-refractivity contribution in [1.29, 1.82) is 0 Å². The van der Waals surface area contributed by atoms with Crippen LogP contribution in [0.25, 0.3) is 0 Å². The molecule has 0 spiro atoms. The Balaban J connectivity index is 4.12. The van der Waals surface area contributed by atoms with E-state index in [0.29, 0.717) is 0 Å². The zero-order valence-electron chi connectivity index (χ0n) is 6.70. The van der Waals surface area contributed by atoms with Gasteiger partial charge in [-0.1, -0.05) is 12.6 Å². The molecule has 0 aliphatic rings. The lowest BCUT2D eigenvalue weighted by Gasteiger charge is -2.31. The third kappa shape index (κ3) is 2.55. The first-order chi connectivity index (χ1) is 4.46. The molecule has 0 aromatic heterocycles. The largest absolute Gasteiger partial charge is 0.307 e. The van der Waals surface area contributed by atoms with E-state index in [0.717, 1.165) is 0 Å². The summed E-state index contributed by atoms with van der Waals surface area (Å²) in [5, 5.41) is 4.39. The number of carbonyl (C=O) groups excluding carboxylic acids is 1. The lowest BCUT2D eigenvalue weighted by molar-refractivity contribution is -0.0743. The van der Waals surface area contributed by atoms with Gasteiger partial charge in [0, 0.05) is 28.2 Å². The van der Waals surface area contributed by atoms with E-state index < -0.39 is 0 Å². The molecule has 0 saturated heterocycles. The lowest BCUT2D eigenvalue weighted by Crippen LogP contribution is -2.47. The molecule has 0 heterocycles. The van der Waals surface area contributed by atoms with Crippen LogP contribution in [-0.4, -0.2) is 48.6 Å². The fourth-order valence-electron chi connectivity index (χ4n) is 0.700. The highest BCUT2D eigenvalue weighted by Gasteiger charge is 2.13. The highest BCUT2D eigenvalue weighted by molar-refractivity contribution is 7.96. The van der Waals surface area contributed by atoms with Gasteiger partial charge in [0.2, 0.25) is 0 Å². The summed E-state index contributed by atoms with van der Waals surface area (Å²) in [6, 6.07) is 0. The van der Waals surface area contributed by atoms with Gasteiger partial charge in [0.15, 0.2) is 0 Å². The molecule has 0 bridgehead atoms. The maximum absolute atomic E-state index is 10.7. The number of amides is 1. The summed E-state index contributed by atoms with van der Waals surface area (Å²) >= 11 is 3.68. The van der Waals surface area contributed by atoms with Crippen LogP contribution in [-0.2, 0) is 0 Å². The van der Waals surface area contributed by atoms with Crippen LogP contribution in [0.3, 0.4) is 0 Å². The molecule has 10 heavy (non-hydrogen) atoms. The zero-order valence-corrected chi connectivity index (χ0v) is 7.59. The predicted octanol–water partition coefficient (Wildman–Crippen LogP) is 0.291. The maximum atomic E-state index is 10.7. The van der Waals surface area contributed by atoms with Crippen molar-refractivity contribution in [3.63, 3.8) is 0 Å². The Kier molecular flexibility index (Phi) is 3.70. The quantitative estimate of drug-likeness (QED) is 0.468. The molecule has 0 aromatic carbocycles. The van der Waals surface area contributed by atoms with E-state index in [4.69, 9.17) is 0 Å². The molecule has 1 amide bonds.